The molecule has 2 N–H and O–H groups in total. The molecule has 5 aromatic rings. The van der Waals surface area contributed by atoms with Gasteiger partial charge >= 0.3 is 0 Å². The van der Waals surface area contributed by atoms with Gasteiger partial charge in [-0.15, -0.1) is 0 Å². The van der Waals surface area contributed by atoms with E-state index in [-0.39, 0.29) is 11.5 Å². The predicted molar refractivity (Wildman–Crippen MR) is 136 cm³/mol. The van der Waals surface area contributed by atoms with E-state index in [2.05, 4.69) is 20.3 Å². The van der Waals surface area contributed by atoms with Gasteiger partial charge in [-0.1, -0.05) is 11.6 Å². The molecule has 0 amide bonds. The maximum Gasteiger partial charge on any atom is 0.175 e. The first kappa shape index (κ1) is 24.0. The van der Waals surface area contributed by atoms with Crippen LogP contribution in [0.2, 0.25) is 5.02 Å². The normalized spacial score (nSPS) is 11.8. The van der Waals surface area contributed by atoms with Gasteiger partial charge in [0, 0.05) is 41.7 Å². The molecule has 36 heavy (non-hydrogen) atoms. The molecule has 0 saturated heterocycles. The lowest BCUT2D eigenvalue weighted by molar-refractivity contribution is 0.269. The number of hydrogen-bond donors (Lipinski definition) is 2. The van der Waals surface area contributed by atoms with E-state index in [4.69, 9.17) is 21.4 Å². The van der Waals surface area contributed by atoms with Crippen molar-refractivity contribution in [2.45, 2.75) is 17.9 Å². The van der Waals surface area contributed by atoms with Gasteiger partial charge in [-0.25, -0.2) is 8.42 Å². The fourth-order valence-electron chi connectivity index (χ4n) is 3.87. The van der Waals surface area contributed by atoms with Crippen LogP contribution in [0.4, 0.5) is 0 Å². The number of pyridine rings is 1. The number of nitrogens with zero attached hydrogens (tertiary/aromatic N) is 4. The summed E-state index contributed by atoms with van der Waals surface area (Å²) in [6, 6.07) is 15.4. The second-order valence-electron chi connectivity index (χ2n) is 8.22. The number of sulfone groups is 1. The van der Waals surface area contributed by atoms with Gasteiger partial charge in [0.05, 0.1) is 34.5 Å². The molecule has 0 fully saturated rings. The van der Waals surface area contributed by atoms with E-state index in [9.17, 15) is 8.42 Å². The number of halogens is 1. The van der Waals surface area contributed by atoms with Crippen molar-refractivity contribution in [3.05, 3.63) is 83.4 Å². The van der Waals surface area contributed by atoms with Crippen LogP contribution in [0.25, 0.3) is 22.2 Å². The van der Waals surface area contributed by atoms with Crippen molar-refractivity contribution in [3.8, 4) is 22.8 Å². The standard InChI is InChI=1S/C25H22ClN5O4S/c1-36(33,34)19-6-4-18(5-7-19)35-23-14-16(24-21(26)3-2-9-27-24)13-20-22(28-29-25(20)23)15-17-8-10-31(30-17)11-12-32/h2-10,13-14,32H,11-12,15H2,1H3,(H,28,29). The summed E-state index contributed by atoms with van der Waals surface area (Å²) in [6.07, 6.45) is 5.12. The van der Waals surface area contributed by atoms with Gasteiger partial charge in [-0.3, -0.25) is 14.8 Å². The molecule has 184 valence electrons. The molecule has 0 aliphatic carbocycles. The third-order valence-electron chi connectivity index (χ3n) is 5.60. The van der Waals surface area contributed by atoms with Crippen molar-refractivity contribution in [1.29, 1.82) is 0 Å². The zero-order chi connectivity index (χ0) is 25.3. The molecule has 0 radical (unpaired) electrons. The van der Waals surface area contributed by atoms with Crippen LogP contribution >= 0.6 is 11.6 Å². The second kappa shape index (κ2) is 9.73. The summed E-state index contributed by atoms with van der Waals surface area (Å²) in [5.41, 5.74) is 3.57. The van der Waals surface area contributed by atoms with Gasteiger partial charge in [-0.05, 0) is 54.6 Å². The molecule has 0 aliphatic heterocycles. The first-order valence-electron chi connectivity index (χ1n) is 11.0. The molecule has 11 heteroatoms. The van der Waals surface area contributed by atoms with E-state index in [0.29, 0.717) is 40.7 Å². The number of aromatic nitrogens is 5. The summed E-state index contributed by atoms with van der Waals surface area (Å²) >= 11 is 6.44. The van der Waals surface area contributed by atoms with Gasteiger partial charge in [-0.2, -0.15) is 10.2 Å². The fraction of sp³-hybridized carbons (Fsp3) is 0.160. The fourth-order valence-corrected chi connectivity index (χ4v) is 4.73. The Bertz CT molecular complexity index is 1650. The van der Waals surface area contributed by atoms with E-state index in [0.717, 1.165) is 28.6 Å². The molecule has 2 aromatic carbocycles. The smallest absolute Gasteiger partial charge is 0.175 e. The first-order chi connectivity index (χ1) is 17.3. The lowest BCUT2D eigenvalue weighted by atomic mass is 10.0. The number of benzene rings is 2. The van der Waals surface area contributed by atoms with Crippen LogP contribution in [-0.4, -0.2) is 51.3 Å². The number of hydrogen-bond acceptors (Lipinski definition) is 7. The molecule has 0 saturated carbocycles. The molecule has 0 bridgehead atoms. The Hall–Kier alpha value is -3.73. The molecule has 3 aromatic heterocycles. The number of ether oxygens (including phenoxy) is 1. The van der Waals surface area contributed by atoms with Crippen molar-refractivity contribution in [1.82, 2.24) is 25.0 Å². The molecule has 5 rings (SSSR count). The minimum atomic E-state index is -3.32. The van der Waals surface area contributed by atoms with Crippen LogP contribution in [0.3, 0.4) is 0 Å². The molecular weight excluding hydrogens is 502 g/mol. The number of aliphatic hydroxyl groups is 1. The van der Waals surface area contributed by atoms with Crippen LogP contribution in [0.1, 0.15) is 11.4 Å². The highest BCUT2D eigenvalue weighted by molar-refractivity contribution is 7.90. The summed E-state index contributed by atoms with van der Waals surface area (Å²) in [5, 5.41) is 22.5. The SMILES string of the molecule is CS(=O)(=O)c1ccc(Oc2cc(-c3ncccc3Cl)cc3c(Cc4ccn(CCO)n4)[nH]nc23)cc1. The van der Waals surface area contributed by atoms with Gasteiger partial charge in [0.25, 0.3) is 0 Å². The van der Waals surface area contributed by atoms with Crippen LogP contribution in [0, 0.1) is 0 Å². The third kappa shape index (κ3) is 4.97. The Morgan fingerprint density at radius 1 is 1.14 bits per heavy atom. The van der Waals surface area contributed by atoms with E-state index < -0.39 is 9.84 Å². The molecule has 0 aliphatic rings. The summed E-state index contributed by atoms with van der Waals surface area (Å²) in [5.74, 6) is 0.921. The van der Waals surface area contributed by atoms with Crippen molar-refractivity contribution < 1.29 is 18.3 Å². The Labute approximate surface area is 212 Å². The monoisotopic (exact) mass is 523 g/mol. The van der Waals surface area contributed by atoms with Crippen LogP contribution in [0.15, 0.2) is 71.9 Å². The summed E-state index contributed by atoms with van der Waals surface area (Å²) in [6.45, 7) is 0.427. The Morgan fingerprint density at radius 2 is 1.94 bits per heavy atom. The van der Waals surface area contributed by atoms with Crippen LogP contribution in [0.5, 0.6) is 11.5 Å². The quantitative estimate of drug-likeness (QED) is 0.311. The molecule has 3 heterocycles. The maximum atomic E-state index is 11.8. The summed E-state index contributed by atoms with van der Waals surface area (Å²) in [7, 11) is -3.32. The highest BCUT2D eigenvalue weighted by atomic mass is 35.5. The number of H-pyrrole nitrogens is 1. The van der Waals surface area contributed by atoms with Crippen molar-refractivity contribution in [2.75, 3.05) is 12.9 Å². The van der Waals surface area contributed by atoms with E-state index in [1.54, 1.807) is 35.1 Å². The van der Waals surface area contributed by atoms with Gasteiger partial charge in [0.1, 0.15) is 11.3 Å². The van der Waals surface area contributed by atoms with Crippen molar-refractivity contribution in [2.24, 2.45) is 0 Å². The average molecular weight is 524 g/mol. The summed E-state index contributed by atoms with van der Waals surface area (Å²) in [4.78, 5) is 4.65. The molecule has 9 nitrogen and oxygen atoms in total. The summed E-state index contributed by atoms with van der Waals surface area (Å²) < 4.78 is 31.5. The van der Waals surface area contributed by atoms with Gasteiger partial charge < -0.3 is 9.84 Å². The second-order valence-corrected chi connectivity index (χ2v) is 10.6. The van der Waals surface area contributed by atoms with E-state index >= 15 is 0 Å². The van der Waals surface area contributed by atoms with E-state index in [1.807, 2.05) is 24.4 Å². The zero-order valence-electron chi connectivity index (χ0n) is 19.2. The molecule has 0 spiro atoms. The first-order valence-corrected chi connectivity index (χ1v) is 13.3. The van der Waals surface area contributed by atoms with Crippen LogP contribution < -0.4 is 4.74 Å². The highest BCUT2D eigenvalue weighted by Gasteiger charge is 2.17. The largest absolute Gasteiger partial charge is 0.455 e. The lowest BCUT2D eigenvalue weighted by Crippen LogP contribution is -2.03. The predicted octanol–water partition coefficient (Wildman–Crippen LogP) is 4.25. The molecule has 0 atom stereocenters. The Balaban J connectivity index is 1.58. The minimum Gasteiger partial charge on any atom is -0.455 e. The number of rotatable bonds is 8. The number of fused-ring (bicyclic) bond motifs is 1. The van der Waals surface area contributed by atoms with Gasteiger partial charge in [0.15, 0.2) is 15.6 Å². The van der Waals surface area contributed by atoms with Crippen molar-refractivity contribution in [3.63, 3.8) is 0 Å². The third-order valence-corrected chi connectivity index (χ3v) is 7.03. The lowest BCUT2D eigenvalue weighted by Gasteiger charge is -2.11. The van der Waals surface area contributed by atoms with Crippen LogP contribution in [-0.2, 0) is 22.8 Å². The zero-order valence-corrected chi connectivity index (χ0v) is 20.8. The molecule has 0 unspecified atom stereocenters. The highest BCUT2D eigenvalue weighted by Crippen LogP contribution is 2.37. The topological polar surface area (TPSA) is 123 Å². The average Bonchev–Trinajstić information content (AvgIpc) is 3.47. The number of nitrogens with one attached hydrogen (secondary N) is 1. The van der Waals surface area contributed by atoms with E-state index in [1.165, 1.54) is 12.1 Å². The minimum absolute atomic E-state index is 0.00810. The van der Waals surface area contributed by atoms with Gasteiger partial charge in [0.2, 0.25) is 0 Å². The Morgan fingerprint density at radius 3 is 2.67 bits per heavy atom. The maximum absolute atomic E-state index is 11.8. The molecular formula is C25H22ClN5O4S. The number of aliphatic hydroxyl groups excluding tert-OH is 1. The Kier molecular flexibility index (Phi) is 6.48. The number of aromatic amines is 1. The van der Waals surface area contributed by atoms with Crippen molar-refractivity contribution >= 4 is 32.3 Å².